The van der Waals surface area contributed by atoms with E-state index in [9.17, 15) is 23.6 Å². The first kappa shape index (κ1) is 22.5. The molecule has 4 rings (SSSR count). The number of hydrogen-bond donors (Lipinski definition) is 1. The first-order valence-corrected chi connectivity index (χ1v) is 10.1. The van der Waals surface area contributed by atoms with Crippen molar-refractivity contribution in [3.8, 4) is 11.5 Å². The number of benzene rings is 2. The van der Waals surface area contributed by atoms with Crippen LogP contribution in [0.3, 0.4) is 0 Å². The molecule has 4 amide bonds. The molecule has 1 aliphatic heterocycles. The van der Waals surface area contributed by atoms with Crippen LogP contribution in [-0.4, -0.2) is 30.4 Å². The number of nitrogens with zero attached hydrogens (tertiary/aromatic N) is 1. The Hall–Kier alpha value is -4.73. The number of anilines is 1. The number of nitrogens with one attached hydrogen (secondary N) is 1. The quantitative estimate of drug-likeness (QED) is 0.256. The second kappa shape index (κ2) is 9.41. The molecule has 0 aliphatic carbocycles. The Morgan fingerprint density at radius 1 is 1.09 bits per heavy atom. The molecule has 0 spiro atoms. The van der Waals surface area contributed by atoms with Gasteiger partial charge in [0.15, 0.2) is 11.5 Å². The van der Waals surface area contributed by atoms with E-state index in [1.165, 1.54) is 60.9 Å². The van der Waals surface area contributed by atoms with Crippen LogP contribution in [0.5, 0.6) is 11.5 Å². The molecule has 2 aromatic carbocycles. The summed E-state index contributed by atoms with van der Waals surface area (Å²) in [5.74, 6) is -3.22. The maximum absolute atomic E-state index is 14.2. The Labute approximate surface area is 192 Å². The predicted molar refractivity (Wildman–Crippen MR) is 117 cm³/mol. The van der Waals surface area contributed by atoms with Crippen LogP contribution in [0.1, 0.15) is 23.0 Å². The molecule has 1 aromatic heterocycles. The van der Waals surface area contributed by atoms with E-state index < -0.39 is 35.2 Å². The molecule has 0 atom stereocenters. The molecule has 10 heteroatoms. The van der Waals surface area contributed by atoms with Crippen LogP contribution in [0.2, 0.25) is 0 Å². The Morgan fingerprint density at radius 2 is 1.88 bits per heavy atom. The number of rotatable bonds is 6. The van der Waals surface area contributed by atoms with Gasteiger partial charge in [-0.25, -0.2) is 18.9 Å². The molecule has 1 N–H and O–H groups in total. The van der Waals surface area contributed by atoms with Crippen molar-refractivity contribution in [2.24, 2.45) is 0 Å². The van der Waals surface area contributed by atoms with E-state index in [1.54, 1.807) is 6.92 Å². The van der Waals surface area contributed by atoms with E-state index in [2.05, 4.69) is 0 Å². The first-order chi connectivity index (χ1) is 16.4. The fourth-order valence-electron chi connectivity index (χ4n) is 3.19. The molecule has 1 aliphatic rings. The predicted octanol–water partition coefficient (Wildman–Crippen LogP) is 3.70. The van der Waals surface area contributed by atoms with E-state index >= 15 is 0 Å². The van der Waals surface area contributed by atoms with Gasteiger partial charge in [-0.1, -0.05) is 18.2 Å². The van der Waals surface area contributed by atoms with Gasteiger partial charge in [0.25, 0.3) is 11.8 Å². The molecule has 172 valence electrons. The Morgan fingerprint density at radius 3 is 2.59 bits per heavy atom. The van der Waals surface area contributed by atoms with E-state index in [-0.39, 0.29) is 29.6 Å². The second-order valence-electron chi connectivity index (χ2n) is 6.92. The fourth-order valence-corrected chi connectivity index (χ4v) is 3.19. The van der Waals surface area contributed by atoms with Crippen LogP contribution < -0.4 is 19.7 Å². The third kappa shape index (κ3) is 4.42. The number of furan rings is 1. The summed E-state index contributed by atoms with van der Waals surface area (Å²) in [5.41, 5.74) is -0.355. The molecule has 1 fully saturated rings. The van der Waals surface area contributed by atoms with Crippen molar-refractivity contribution in [3.63, 3.8) is 0 Å². The third-order valence-corrected chi connectivity index (χ3v) is 4.70. The van der Waals surface area contributed by atoms with Crippen LogP contribution in [0.25, 0.3) is 6.08 Å². The Kier molecular flexibility index (Phi) is 6.22. The standard InChI is InChI=1S/C24H17FN2O7/c1-2-32-20-13-14(9-10-18(20)34-23(30)19-8-5-11-33-19)12-15-21(28)26-24(31)27(22(15)29)17-7-4-3-6-16(17)25/h3-13H,2H2,1H3,(H,26,28,31)/b15-12+. The van der Waals surface area contributed by atoms with Crippen molar-refractivity contribution >= 4 is 35.6 Å². The number of carbonyl (C=O) groups excluding carboxylic acids is 4. The van der Waals surface area contributed by atoms with Gasteiger partial charge in [0.1, 0.15) is 11.4 Å². The number of imide groups is 2. The molecule has 0 unspecified atom stereocenters. The van der Waals surface area contributed by atoms with E-state index in [0.717, 1.165) is 6.07 Å². The van der Waals surface area contributed by atoms with E-state index in [4.69, 9.17) is 13.9 Å². The topological polar surface area (TPSA) is 115 Å². The monoisotopic (exact) mass is 464 g/mol. The average molecular weight is 464 g/mol. The molecular weight excluding hydrogens is 447 g/mol. The molecule has 0 saturated carbocycles. The summed E-state index contributed by atoms with van der Waals surface area (Å²) in [6, 6.07) is 11.5. The molecule has 0 bridgehead atoms. The van der Waals surface area contributed by atoms with Gasteiger partial charge in [-0.3, -0.25) is 14.9 Å². The van der Waals surface area contributed by atoms with Gasteiger partial charge in [0.05, 0.1) is 18.6 Å². The van der Waals surface area contributed by atoms with Gasteiger partial charge >= 0.3 is 12.0 Å². The minimum absolute atomic E-state index is 0.00369. The van der Waals surface area contributed by atoms with Crippen LogP contribution >= 0.6 is 0 Å². The summed E-state index contributed by atoms with van der Waals surface area (Å²) in [7, 11) is 0. The molecule has 1 saturated heterocycles. The van der Waals surface area contributed by atoms with Gasteiger partial charge in [-0.15, -0.1) is 0 Å². The Bertz CT molecular complexity index is 1310. The number of ether oxygens (including phenoxy) is 2. The van der Waals surface area contributed by atoms with Gasteiger partial charge in [-0.2, -0.15) is 0 Å². The van der Waals surface area contributed by atoms with Crippen LogP contribution in [0.4, 0.5) is 14.9 Å². The summed E-state index contributed by atoms with van der Waals surface area (Å²) in [5, 5.41) is 2.03. The first-order valence-electron chi connectivity index (χ1n) is 10.1. The third-order valence-electron chi connectivity index (χ3n) is 4.70. The van der Waals surface area contributed by atoms with Crippen molar-refractivity contribution in [2.75, 3.05) is 11.5 Å². The molecule has 34 heavy (non-hydrogen) atoms. The minimum atomic E-state index is -1.06. The van der Waals surface area contributed by atoms with Gasteiger partial charge in [0.2, 0.25) is 5.76 Å². The van der Waals surface area contributed by atoms with Crippen LogP contribution in [0, 0.1) is 5.82 Å². The highest BCUT2D eigenvalue weighted by molar-refractivity contribution is 6.39. The molecule has 9 nitrogen and oxygen atoms in total. The number of para-hydroxylation sites is 1. The zero-order valence-electron chi connectivity index (χ0n) is 17.7. The smallest absolute Gasteiger partial charge is 0.379 e. The highest BCUT2D eigenvalue weighted by Gasteiger charge is 2.38. The fraction of sp³-hybridized carbons (Fsp3) is 0.0833. The number of urea groups is 1. The molecule has 0 radical (unpaired) electrons. The van der Waals surface area contributed by atoms with Crippen LogP contribution in [0.15, 0.2) is 70.9 Å². The van der Waals surface area contributed by atoms with Gasteiger partial charge in [0, 0.05) is 0 Å². The van der Waals surface area contributed by atoms with Crippen molar-refractivity contribution < 1.29 is 37.5 Å². The summed E-state index contributed by atoms with van der Waals surface area (Å²) < 4.78 is 30.1. The lowest BCUT2D eigenvalue weighted by Gasteiger charge is -2.26. The summed E-state index contributed by atoms with van der Waals surface area (Å²) >= 11 is 0. The van der Waals surface area contributed by atoms with Gasteiger partial charge in [-0.05, 0) is 55.0 Å². The largest absolute Gasteiger partial charge is 0.490 e. The molecule has 3 aromatic rings. The number of halogens is 1. The minimum Gasteiger partial charge on any atom is -0.490 e. The number of barbiturate groups is 1. The van der Waals surface area contributed by atoms with E-state index in [1.807, 2.05) is 5.32 Å². The lowest BCUT2D eigenvalue weighted by Crippen LogP contribution is -2.54. The normalized spacial score (nSPS) is 14.8. The van der Waals surface area contributed by atoms with Crippen LogP contribution in [-0.2, 0) is 9.59 Å². The number of esters is 1. The number of carbonyl (C=O) groups is 4. The van der Waals surface area contributed by atoms with Crippen molar-refractivity contribution in [2.45, 2.75) is 6.92 Å². The zero-order valence-corrected chi connectivity index (χ0v) is 17.7. The lowest BCUT2D eigenvalue weighted by atomic mass is 10.1. The maximum atomic E-state index is 14.2. The summed E-state index contributed by atoms with van der Waals surface area (Å²) in [6.45, 7) is 1.96. The van der Waals surface area contributed by atoms with Crippen molar-refractivity contribution in [1.82, 2.24) is 5.32 Å². The zero-order chi connectivity index (χ0) is 24.2. The molecule has 2 heterocycles. The van der Waals surface area contributed by atoms with Crippen molar-refractivity contribution in [1.29, 1.82) is 0 Å². The summed E-state index contributed by atoms with van der Waals surface area (Å²) in [4.78, 5) is 50.3. The van der Waals surface area contributed by atoms with Crippen molar-refractivity contribution in [3.05, 3.63) is 83.6 Å². The molecular formula is C24H17FN2O7. The number of amides is 4. The highest BCUT2D eigenvalue weighted by atomic mass is 19.1. The van der Waals surface area contributed by atoms with Gasteiger partial charge < -0.3 is 13.9 Å². The Balaban J connectivity index is 1.66. The number of hydrogen-bond acceptors (Lipinski definition) is 7. The highest BCUT2D eigenvalue weighted by Crippen LogP contribution is 2.31. The summed E-state index contributed by atoms with van der Waals surface area (Å²) in [6.07, 6.45) is 2.55. The second-order valence-corrected chi connectivity index (χ2v) is 6.92. The maximum Gasteiger partial charge on any atom is 0.379 e. The van der Waals surface area contributed by atoms with E-state index in [0.29, 0.717) is 10.5 Å². The lowest BCUT2D eigenvalue weighted by molar-refractivity contribution is -0.122. The average Bonchev–Trinajstić information content (AvgIpc) is 3.35. The SMILES string of the molecule is CCOc1cc(/C=C2\C(=O)NC(=O)N(c3ccccc3F)C2=O)ccc1OC(=O)c1ccco1.